The SMILES string of the molecule is CO[C@@H](COCc1ccc(F)cc1)C[C@H](O)[C@H](COc1cc(F)cc(F)c1)NC(=O)c1cc(C(=O)N[C@H](C)c2ccccc2)cc(N(C)S(C)(=O)=O)c1. The van der Waals surface area contributed by atoms with Gasteiger partial charge in [-0.15, -0.1) is 0 Å². The molecule has 0 aliphatic rings. The van der Waals surface area contributed by atoms with Gasteiger partial charge in [0, 0.05) is 49.9 Å². The predicted molar refractivity (Wildman–Crippen MR) is 193 cm³/mol. The second-order valence-electron chi connectivity index (χ2n) is 12.4. The third-order valence-electron chi connectivity index (χ3n) is 8.32. The van der Waals surface area contributed by atoms with Gasteiger partial charge >= 0.3 is 0 Å². The Labute approximate surface area is 306 Å². The molecule has 0 aromatic heterocycles. The highest BCUT2D eigenvalue weighted by atomic mass is 32.2. The molecule has 4 aromatic rings. The van der Waals surface area contributed by atoms with Crippen LogP contribution in [0.4, 0.5) is 18.9 Å². The lowest BCUT2D eigenvalue weighted by molar-refractivity contribution is -0.0311. The maximum Gasteiger partial charge on any atom is 0.251 e. The summed E-state index contributed by atoms with van der Waals surface area (Å²) in [5.41, 5.74) is 1.38. The summed E-state index contributed by atoms with van der Waals surface area (Å²) in [5.74, 6) is -3.82. The number of hydrogen-bond donors (Lipinski definition) is 3. The number of carbonyl (C=O) groups is 2. The van der Waals surface area contributed by atoms with E-state index in [0.717, 1.165) is 28.3 Å². The van der Waals surface area contributed by atoms with E-state index in [1.54, 1.807) is 19.1 Å². The number of anilines is 1. The lowest BCUT2D eigenvalue weighted by Gasteiger charge is -2.27. The van der Waals surface area contributed by atoms with Crippen LogP contribution in [0.5, 0.6) is 5.75 Å². The van der Waals surface area contributed by atoms with E-state index in [1.165, 1.54) is 44.5 Å². The summed E-state index contributed by atoms with van der Waals surface area (Å²) in [7, 11) is -1.17. The largest absolute Gasteiger partial charge is 0.491 e. The molecular formula is C38H42F3N3O8S. The normalized spacial score (nSPS) is 13.7. The fraction of sp³-hybridized carbons (Fsp3) is 0.316. The third kappa shape index (κ3) is 12.3. The van der Waals surface area contributed by atoms with Crippen molar-refractivity contribution in [3.05, 3.63) is 131 Å². The molecule has 0 fully saturated rings. The maximum atomic E-state index is 13.9. The number of ether oxygens (including phenoxy) is 3. The summed E-state index contributed by atoms with van der Waals surface area (Å²) in [4.78, 5) is 27.3. The number of benzene rings is 4. The first kappa shape index (κ1) is 40.8. The fourth-order valence-corrected chi connectivity index (χ4v) is 5.69. The number of aliphatic hydroxyl groups is 1. The number of carbonyl (C=O) groups excluding carboxylic acids is 2. The number of hydrogen-bond acceptors (Lipinski definition) is 8. The van der Waals surface area contributed by atoms with E-state index >= 15 is 0 Å². The van der Waals surface area contributed by atoms with Crippen molar-refractivity contribution >= 4 is 27.5 Å². The van der Waals surface area contributed by atoms with E-state index in [0.29, 0.717) is 11.6 Å². The Kier molecular flexibility index (Phi) is 14.4. The molecule has 2 amide bonds. The first-order valence-corrected chi connectivity index (χ1v) is 18.4. The number of halogens is 3. The maximum absolute atomic E-state index is 13.9. The summed E-state index contributed by atoms with van der Waals surface area (Å²) in [6, 6.07) is 19.6. The number of nitrogens with one attached hydrogen (secondary N) is 2. The fourth-order valence-electron chi connectivity index (χ4n) is 5.20. The molecule has 0 unspecified atom stereocenters. The molecule has 0 aliphatic carbocycles. The molecule has 53 heavy (non-hydrogen) atoms. The zero-order valence-corrected chi connectivity index (χ0v) is 30.4. The van der Waals surface area contributed by atoms with Crippen LogP contribution in [0, 0.1) is 17.5 Å². The summed E-state index contributed by atoms with van der Waals surface area (Å²) in [5, 5.41) is 16.9. The smallest absolute Gasteiger partial charge is 0.251 e. The molecular weight excluding hydrogens is 715 g/mol. The van der Waals surface area contributed by atoms with Crippen LogP contribution in [0.3, 0.4) is 0 Å². The molecule has 0 saturated carbocycles. The van der Waals surface area contributed by atoms with Crippen molar-refractivity contribution in [3.8, 4) is 5.75 Å². The molecule has 3 N–H and O–H groups in total. The van der Waals surface area contributed by atoms with Gasteiger partial charge in [0.25, 0.3) is 11.8 Å². The molecule has 15 heteroatoms. The molecule has 0 aliphatic heterocycles. The lowest BCUT2D eigenvalue weighted by atomic mass is 10.0. The highest BCUT2D eigenvalue weighted by Crippen LogP contribution is 2.23. The van der Waals surface area contributed by atoms with Gasteiger partial charge in [-0.2, -0.15) is 0 Å². The highest BCUT2D eigenvalue weighted by Gasteiger charge is 2.28. The van der Waals surface area contributed by atoms with Crippen molar-refractivity contribution < 1.29 is 50.5 Å². The number of amides is 2. The van der Waals surface area contributed by atoms with E-state index in [-0.39, 0.29) is 42.2 Å². The van der Waals surface area contributed by atoms with Crippen molar-refractivity contribution in [2.45, 2.75) is 44.2 Å². The molecule has 0 radical (unpaired) electrons. The number of aliphatic hydroxyl groups excluding tert-OH is 1. The van der Waals surface area contributed by atoms with Crippen LogP contribution in [0.1, 0.15) is 51.2 Å². The third-order valence-corrected chi connectivity index (χ3v) is 9.53. The minimum absolute atomic E-state index is 0.00130. The topological polar surface area (TPSA) is 144 Å². The Morgan fingerprint density at radius 2 is 1.43 bits per heavy atom. The Balaban J connectivity index is 1.58. The standard InChI is InChI=1S/C38H42F3N3O8S/c1-24(26-8-6-5-7-9-26)42-37(46)27-14-28(16-32(15-27)44(2)53(4,48)49)38(47)43-35(23-52-33-18-30(40)17-31(41)19-33)36(45)20-34(50-3)22-51-21-25-10-12-29(39)13-11-25/h5-19,24,34-36,45H,20-23H2,1-4H3,(H,42,46)(H,43,47)/t24-,34-,35+,36+/m1/s1. The zero-order valence-electron chi connectivity index (χ0n) is 29.6. The lowest BCUT2D eigenvalue weighted by Crippen LogP contribution is -2.48. The number of nitrogens with zero attached hydrogens (tertiary/aromatic N) is 1. The van der Waals surface area contributed by atoms with Gasteiger partial charge in [-0.05, 0) is 48.4 Å². The van der Waals surface area contributed by atoms with E-state index in [9.17, 15) is 36.3 Å². The number of methoxy groups -OCH3 is 1. The summed E-state index contributed by atoms with van der Waals surface area (Å²) in [6.07, 6.45) is -1.22. The van der Waals surface area contributed by atoms with E-state index in [4.69, 9.17) is 14.2 Å². The van der Waals surface area contributed by atoms with E-state index in [1.807, 2.05) is 30.3 Å². The van der Waals surface area contributed by atoms with Crippen LogP contribution >= 0.6 is 0 Å². The van der Waals surface area contributed by atoms with Gasteiger partial charge in [0.1, 0.15) is 29.8 Å². The van der Waals surface area contributed by atoms with Crippen LogP contribution in [-0.2, 0) is 26.1 Å². The van der Waals surface area contributed by atoms with Crippen LogP contribution in [-0.4, -0.2) is 77.2 Å². The Hall–Kier alpha value is -4.96. The molecule has 4 aromatic carbocycles. The Morgan fingerprint density at radius 1 is 0.830 bits per heavy atom. The highest BCUT2D eigenvalue weighted by molar-refractivity contribution is 7.92. The van der Waals surface area contributed by atoms with Crippen molar-refractivity contribution in [2.24, 2.45) is 0 Å². The number of rotatable bonds is 18. The van der Waals surface area contributed by atoms with Crippen molar-refractivity contribution in [1.82, 2.24) is 10.6 Å². The van der Waals surface area contributed by atoms with Gasteiger partial charge in [0.2, 0.25) is 10.0 Å². The molecule has 11 nitrogen and oxygen atoms in total. The Morgan fingerprint density at radius 3 is 2.02 bits per heavy atom. The molecule has 0 saturated heterocycles. The minimum atomic E-state index is -3.83. The molecule has 284 valence electrons. The van der Waals surface area contributed by atoms with Crippen molar-refractivity contribution in [3.63, 3.8) is 0 Å². The molecule has 0 heterocycles. The molecule has 4 atom stereocenters. The van der Waals surface area contributed by atoms with E-state index in [2.05, 4.69) is 10.6 Å². The summed E-state index contributed by atoms with van der Waals surface area (Å²) >= 11 is 0. The van der Waals surface area contributed by atoms with Gasteiger partial charge in [0.05, 0.1) is 49.4 Å². The second-order valence-corrected chi connectivity index (χ2v) is 14.4. The number of sulfonamides is 1. The van der Waals surface area contributed by atoms with Crippen LogP contribution in [0.25, 0.3) is 0 Å². The van der Waals surface area contributed by atoms with E-state index < -0.39 is 70.2 Å². The summed E-state index contributed by atoms with van der Waals surface area (Å²) in [6.45, 7) is 1.43. The first-order chi connectivity index (χ1) is 25.1. The predicted octanol–water partition coefficient (Wildman–Crippen LogP) is 5.15. The molecule has 4 rings (SSSR count). The van der Waals surface area contributed by atoms with Gasteiger partial charge in [-0.25, -0.2) is 21.6 Å². The van der Waals surface area contributed by atoms with Crippen molar-refractivity contribution in [2.75, 3.05) is 37.9 Å². The summed E-state index contributed by atoms with van der Waals surface area (Å²) < 4.78 is 83.8. The quantitative estimate of drug-likeness (QED) is 0.127. The van der Waals surface area contributed by atoms with Crippen LogP contribution in [0.2, 0.25) is 0 Å². The average molecular weight is 758 g/mol. The van der Waals surface area contributed by atoms with Gasteiger partial charge in [-0.1, -0.05) is 42.5 Å². The zero-order chi connectivity index (χ0) is 38.7. The van der Waals surface area contributed by atoms with Crippen molar-refractivity contribution in [1.29, 1.82) is 0 Å². The molecule has 0 bridgehead atoms. The van der Waals surface area contributed by atoms with Gasteiger partial charge in [0.15, 0.2) is 0 Å². The minimum Gasteiger partial charge on any atom is -0.491 e. The van der Waals surface area contributed by atoms with Crippen LogP contribution in [0.15, 0.2) is 91.0 Å². The average Bonchev–Trinajstić information content (AvgIpc) is 3.12. The Bertz CT molecular complexity index is 1930. The van der Waals surface area contributed by atoms with Gasteiger partial charge < -0.3 is 30.0 Å². The van der Waals surface area contributed by atoms with Gasteiger partial charge in [-0.3, -0.25) is 13.9 Å². The first-order valence-electron chi connectivity index (χ1n) is 16.5. The molecule has 0 spiro atoms. The monoisotopic (exact) mass is 757 g/mol. The van der Waals surface area contributed by atoms with Crippen LogP contribution < -0.4 is 19.7 Å². The second kappa shape index (κ2) is 18.7.